The monoisotopic (exact) mass is 281 g/mol. The summed E-state index contributed by atoms with van der Waals surface area (Å²) in [5.41, 5.74) is 1.18. The van der Waals surface area contributed by atoms with Crippen molar-refractivity contribution >= 4 is 23.5 Å². The lowest BCUT2D eigenvalue weighted by Gasteiger charge is -2.14. The smallest absolute Gasteiger partial charge is 0.298 e. The van der Waals surface area contributed by atoms with Crippen LogP contribution in [0.2, 0.25) is 0 Å². The lowest BCUT2D eigenvalue weighted by molar-refractivity contribution is -0.114. The van der Waals surface area contributed by atoms with Crippen molar-refractivity contribution < 1.29 is 14.0 Å². The van der Waals surface area contributed by atoms with Crippen molar-refractivity contribution in [3.8, 4) is 0 Å². The van der Waals surface area contributed by atoms with E-state index in [0.717, 1.165) is 5.56 Å². The summed E-state index contributed by atoms with van der Waals surface area (Å²) < 4.78 is 13.9. The molecular weight excluding hydrogens is 269 g/mol. The van der Waals surface area contributed by atoms with Gasteiger partial charge in [-0.15, -0.1) is 0 Å². The molecule has 104 valence electrons. The number of halogens is 1. The summed E-state index contributed by atoms with van der Waals surface area (Å²) in [5, 5.41) is 0. The predicted molar refractivity (Wildman–Crippen MR) is 78.6 cm³/mol. The highest BCUT2D eigenvalue weighted by Gasteiger charge is 2.37. The van der Waals surface area contributed by atoms with Gasteiger partial charge >= 0.3 is 0 Å². The number of hydrogen-bond donors (Lipinski definition) is 0. The van der Waals surface area contributed by atoms with Crippen molar-refractivity contribution in [2.24, 2.45) is 0 Å². The minimum absolute atomic E-state index is 0.0743. The van der Waals surface area contributed by atoms with E-state index in [2.05, 4.69) is 0 Å². The van der Waals surface area contributed by atoms with Gasteiger partial charge in [-0.3, -0.25) is 14.5 Å². The molecule has 0 unspecified atom stereocenters. The van der Waals surface area contributed by atoms with Crippen molar-refractivity contribution in [2.45, 2.75) is 0 Å². The predicted octanol–water partition coefficient (Wildman–Crippen LogP) is 3.07. The van der Waals surface area contributed by atoms with Crippen molar-refractivity contribution in [2.75, 3.05) is 11.4 Å². The van der Waals surface area contributed by atoms with Gasteiger partial charge < -0.3 is 0 Å². The molecule has 0 spiro atoms. The van der Waals surface area contributed by atoms with E-state index in [1.807, 2.05) is 36.4 Å². The number of para-hydroxylation sites is 1. The molecule has 1 aliphatic rings. The van der Waals surface area contributed by atoms with Crippen LogP contribution in [0.1, 0.15) is 15.9 Å². The molecule has 0 N–H and O–H groups in total. The minimum atomic E-state index is -0.687. The molecule has 2 aromatic rings. The maximum absolute atomic E-state index is 13.9. The summed E-state index contributed by atoms with van der Waals surface area (Å²) in [6.07, 6.45) is 3.57. The van der Waals surface area contributed by atoms with Crippen LogP contribution < -0.4 is 4.90 Å². The number of carbonyl (C=O) groups is 2. The Bertz CT molecular complexity index is 738. The number of nitrogens with zero attached hydrogens (tertiary/aromatic N) is 1. The van der Waals surface area contributed by atoms with Gasteiger partial charge in [0.15, 0.2) is 0 Å². The van der Waals surface area contributed by atoms with Gasteiger partial charge in [0, 0.05) is 6.54 Å². The summed E-state index contributed by atoms with van der Waals surface area (Å²) in [4.78, 5) is 24.9. The summed E-state index contributed by atoms with van der Waals surface area (Å²) >= 11 is 0. The van der Waals surface area contributed by atoms with Crippen LogP contribution in [-0.4, -0.2) is 18.2 Å². The zero-order chi connectivity index (χ0) is 14.8. The second kappa shape index (κ2) is 5.32. The quantitative estimate of drug-likeness (QED) is 0.811. The van der Waals surface area contributed by atoms with Crippen molar-refractivity contribution in [1.29, 1.82) is 0 Å². The molecule has 0 aromatic heterocycles. The van der Waals surface area contributed by atoms with Gasteiger partial charge in [0.05, 0.1) is 11.3 Å². The first-order valence-electron chi connectivity index (χ1n) is 6.55. The van der Waals surface area contributed by atoms with Crippen molar-refractivity contribution in [1.82, 2.24) is 0 Å². The number of amides is 1. The van der Waals surface area contributed by atoms with Gasteiger partial charge in [-0.05, 0) is 17.7 Å². The molecule has 0 fully saturated rings. The highest BCUT2D eigenvalue weighted by Crippen LogP contribution is 2.31. The van der Waals surface area contributed by atoms with E-state index < -0.39 is 17.5 Å². The average Bonchev–Trinajstić information content (AvgIpc) is 2.75. The fourth-order valence-corrected chi connectivity index (χ4v) is 2.34. The lowest BCUT2D eigenvalue weighted by Crippen LogP contribution is -2.30. The Hall–Kier alpha value is -2.75. The maximum Gasteiger partial charge on any atom is 0.299 e. The molecule has 1 aliphatic heterocycles. The molecule has 0 bridgehead atoms. The Morgan fingerprint density at radius 3 is 2.52 bits per heavy atom. The molecule has 1 heterocycles. The molecule has 0 aliphatic carbocycles. The first-order valence-corrected chi connectivity index (χ1v) is 6.55. The fraction of sp³-hybridized carbons (Fsp3) is 0.0588. The first-order chi connectivity index (χ1) is 10.2. The third-order valence-electron chi connectivity index (χ3n) is 3.34. The van der Waals surface area contributed by atoms with Gasteiger partial charge in [0.2, 0.25) is 0 Å². The zero-order valence-electron chi connectivity index (χ0n) is 11.1. The van der Waals surface area contributed by atoms with Crippen LogP contribution in [0, 0.1) is 5.82 Å². The normalized spacial score (nSPS) is 14.0. The van der Waals surface area contributed by atoms with Crippen molar-refractivity contribution in [3.05, 3.63) is 71.6 Å². The number of benzene rings is 2. The lowest BCUT2D eigenvalue weighted by atomic mass is 10.1. The van der Waals surface area contributed by atoms with Crippen LogP contribution in [0.5, 0.6) is 0 Å². The number of rotatable bonds is 3. The van der Waals surface area contributed by atoms with E-state index in [1.54, 1.807) is 6.08 Å². The SMILES string of the molecule is O=C1C(=O)N(C/C=C/c2ccccc2)c2c(F)cccc21. The van der Waals surface area contributed by atoms with Crippen LogP contribution in [0.3, 0.4) is 0 Å². The van der Waals surface area contributed by atoms with Crippen LogP contribution in [0.25, 0.3) is 6.08 Å². The standard InChI is InChI=1S/C17H12FNO2/c18-14-10-4-9-13-15(14)19(17(21)16(13)20)11-5-8-12-6-2-1-3-7-12/h1-10H,11H2/b8-5+. The molecule has 0 saturated heterocycles. The number of ketones is 1. The molecule has 2 aromatic carbocycles. The molecule has 3 nitrogen and oxygen atoms in total. The van der Waals surface area contributed by atoms with Crippen LogP contribution in [0.4, 0.5) is 10.1 Å². The highest BCUT2D eigenvalue weighted by molar-refractivity contribution is 6.52. The van der Waals surface area contributed by atoms with E-state index >= 15 is 0 Å². The van der Waals surface area contributed by atoms with E-state index in [9.17, 15) is 14.0 Å². The van der Waals surface area contributed by atoms with Gasteiger partial charge in [0.1, 0.15) is 5.82 Å². The Morgan fingerprint density at radius 2 is 1.76 bits per heavy atom. The third-order valence-corrected chi connectivity index (χ3v) is 3.34. The Balaban J connectivity index is 1.86. The van der Waals surface area contributed by atoms with Gasteiger partial charge in [-0.2, -0.15) is 0 Å². The first kappa shape index (κ1) is 13.2. The second-order valence-electron chi connectivity index (χ2n) is 4.69. The molecule has 0 radical (unpaired) electrons. The number of hydrogen-bond acceptors (Lipinski definition) is 2. The number of carbonyl (C=O) groups excluding carboxylic acids is 2. The summed E-state index contributed by atoms with van der Waals surface area (Å²) in [6.45, 7) is 0.160. The number of fused-ring (bicyclic) bond motifs is 1. The largest absolute Gasteiger partial charge is 0.299 e. The Labute approximate surface area is 121 Å². The number of Topliss-reactive ketones (excluding diaryl/α,β-unsaturated/α-hetero) is 1. The van der Waals surface area contributed by atoms with Crippen LogP contribution >= 0.6 is 0 Å². The van der Waals surface area contributed by atoms with Gasteiger partial charge in [-0.25, -0.2) is 4.39 Å². The van der Waals surface area contributed by atoms with Gasteiger partial charge in [0.25, 0.3) is 11.7 Å². The van der Waals surface area contributed by atoms with Gasteiger partial charge in [-0.1, -0.05) is 48.6 Å². The summed E-state index contributed by atoms with van der Waals surface area (Å²) in [7, 11) is 0. The molecule has 1 amide bonds. The Morgan fingerprint density at radius 1 is 1.00 bits per heavy atom. The van der Waals surface area contributed by atoms with Crippen LogP contribution in [-0.2, 0) is 4.79 Å². The molecule has 21 heavy (non-hydrogen) atoms. The molecule has 3 rings (SSSR count). The van der Waals surface area contributed by atoms with Crippen LogP contribution in [0.15, 0.2) is 54.6 Å². The molecule has 0 saturated carbocycles. The topological polar surface area (TPSA) is 37.4 Å². The minimum Gasteiger partial charge on any atom is -0.298 e. The zero-order valence-corrected chi connectivity index (χ0v) is 11.1. The molecule has 0 atom stereocenters. The highest BCUT2D eigenvalue weighted by atomic mass is 19.1. The average molecular weight is 281 g/mol. The number of anilines is 1. The Kier molecular flexibility index (Phi) is 3.36. The fourth-order valence-electron chi connectivity index (χ4n) is 2.34. The summed E-state index contributed by atoms with van der Waals surface area (Å²) in [6, 6.07) is 13.7. The molecule has 4 heteroatoms. The molecular formula is C17H12FNO2. The third kappa shape index (κ3) is 2.36. The maximum atomic E-state index is 13.9. The van der Waals surface area contributed by atoms with Crippen molar-refractivity contribution in [3.63, 3.8) is 0 Å². The van der Waals surface area contributed by atoms with E-state index in [1.165, 1.54) is 23.1 Å². The van der Waals surface area contributed by atoms with E-state index in [-0.39, 0.29) is 17.8 Å². The summed E-state index contributed by atoms with van der Waals surface area (Å²) in [5.74, 6) is -1.90. The van der Waals surface area contributed by atoms with E-state index in [4.69, 9.17) is 0 Å². The van der Waals surface area contributed by atoms with E-state index in [0.29, 0.717) is 0 Å². The second-order valence-corrected chi connectivity index (χ2v) is 4.69.